The predicted octanol–water partition coefficient (Wildman–Crippen LogP) is 10.3. The van der Waals surface area contributed by atoms with E-state index in [1.807, 2.05) is 84.9 Å². The van der Waals surface area contributed by atoms with Gasteiger partial charge in [-0.1, -0.05) is 133 Å². The molecule has 7 aromatic carbocycles. The molecule has 6 nitrogen and oxygen atoms in total. The molecule has 0 aliphatic carbocycles. The van der Waals surface area contributed by atoms with Crippen molar-refractivity contribution >= 4 is 23.9 Å². The highest BCUT2D eigenvalue weighted by molar-refractivity contribution is 6.19. The lowest BCUT2D eigenvalue weighted by Crippen LogP contribution is -2.03. The largest absolute Gasteiger partial charge is 0.386 e. The van der Waals surface area contributed by atoms with E-state index in [2.05, 4.69) is 48.5 Å². The average molecular weight is 675 g/mol. The van der Waals surface area contributed by atoms with Crippen LogP contribution < -0.4 is 0 Å². The molecular formula is C46H26O6. The summed E-state index contributed by atoms with van der Waals surface area (Å²) in [5.74, 6) is -2.71. The number of ether oxygens (including phenoxy) is 2. The fraction of sp³-hybridized carbons (Fsp3) is 0. The molecule has 9 rings (SSSR count). The highest BCUT2D eigenvalue weighted by Gasteiger charge is 2.35. The van der Waals surface area contributed by atoms with Crippen molar-refractivity contribution in [2.75, 3.05) is 0 Å². The molecule has 0 radical (unpaired) electrons. The number of hydrogen-bond acceptors (Lipinski definition) is 6. The first-order chi connectivity index (χ1) is 25.5. The third kappa shape index (κ3) is 4.96. The minimum absolute atomic E-state index is 0.203. The summed E-state index contributed by atoms with van der Waals surface area (Å²) in [5, 5.41) is 0. The zero-order valence-electron chi connectivity index (χ0n) is 27.5. The normalized spacial score (nSPS) is 13.1. The fourth-order valence-electron chi connectivity index (χ4n) is 7.38. The van der Waals surface area contributed by atoms with Gasteiger partial charge in [0.1, 0.15) is 0 Å². The molecule has 2 aliphatic heterocycles. The maximum absolute atomic E-state index is 13.0. The molecule has 0 unspecified atom stereocenters. The Morgan fingerprint density at radius 3 is 0.788 bits per heavy atom. The number of carbonyl (C=O) groups excluding carboxylic acids is 4. The summed E-state index contributed by atoms with van der Waals surface area (Å²) in [6.07, 6.45) is 0. The zero-order chi connectivity index (χ0) is 35.3. The van der Waals surface area contributed by atoms with Crippen molar-refractivity contribution in [1.29, 1.82) is 0 Å². The second-order valence-electron chi connectivity index (χ2n) is 12.6. The smallest absolute Gasteiger partial charge is 0.346 e. The number of hydrogen-bond donors (Lipinski definition) is 0. The molecule has 2 heterocycles. The number of cyclic esters (lactones) is 4. The van der Waals surface area contributed by atoms with Crippen LogP contribution in [0.3, 0.4) is 0 Å². The Balaban J connectivity index is 1.55. The summed E-state index contributed by atoms with van der Waals surface area (Å²) < 4.78 is 10.1. The van der Waals surface area contributed by atoms with Crippen molar-refractivity contribution in [2.45, 2.75) is 0 Å². The Labute approximate surface area is 298 Å². The van der Waals surface area contributed by atoms with E-state index >= 15 is 0 Å². The second kappa shape index (κ2) is 12.3. The maximum Gasteiger partial charge on any atom is 0.346 e. The lowest BCUT2D eigenvalue weighted by atomic mass is 9.74. The van der Waals surface area contributed by atoms with Gasteiger partial charge in [-0.3, -0.25) is 0 Å². The van der Waals surface area contributed by atoms with Crippen LogP contribution in [-0.2, 0) is 9.47 Å². The molecule has 0 aromatic heterocycles. The number of fused-ring (bicyclic) bond motifs is 2. The summed E-state index contributed by atoms with van der Waals surface area (Å²) in [6.45, 7) is 0. The van der Waals surface area contributed by atoms with E-state index < -0.39 is 23.9 Å². The number of benzene rings is 7. The summed E-state index contributed by atoms with van der Waals surface area (Å²) in [5.41, 5.74) is 11.1. The maximum atomic E-state index is 13.0. The van der Waals surface area contributed by atoms with Crippen LogP contribution >= 0.6 is 0 Å². The van der Waals surface area contributed by atoms with Gasteiger partial charge in [0.05, 0.1) is 22.3 Å². The second-order valence-corrected chi connectivity index (χ2v) is 12.6. The van der Waals surface area contributed by atoms with Crippen LogP contribution in [0.25, 0.3) is 66.8 Å². The Morgan fingerprint density at radius 2 is 0.500 bits per heavy atom. The molecule has 2 aliphatic rings. The van der Waals surface area contributed by atoms with Crippen LogP contribution in [-0.4, -0.2) is 23.9 Å². The van der Waals surface area contributed by atoms with Crippen molar-refractivity contribution in [3.05, 3.63) is 180 Å². The number of carbonyl (C=O) groups is 4. The van der Waals surface area contributed by atoms with Gasteiger partial charge in [0.25, 0.3) is 0 Å². The summed E-state index contributed by atoms with van der Waals surface area (Å²) in [4.78, 5) is 51.3. The Hall–Kier alpha value is -7.18. The average Bonchev–Trinajstić information content (AvgIpc) is 3.65. The molecule has 6 heteroatoms. The van der Waals surface area contributed by atoms with E-state index in [1.165, 1.54) is 0 Å². The van der Waals surface area contributed by atoms with Crippen LogP contribution in [0.5, 0.6) is 0 Å². The van der Waals surface area contributed by atoms with Crippen LogP contribution in [0.2, 0.25) is 0 Å². The highest BCUT2D eigenvalue weighted by Crippen LogP contribution is 2.56. The molecule has 7 aromatic rings. The van der Waals surface area contributed by atoms with E-state index in [0.717, 1.165) is 55.6 Å². The molecule has 0 amide bonds. The Kier molecular flexibility index (Phi) is 7.30. The van der Waals surface area contributed by atoms with Gasteiger partial charge in [0.15, 0.2) is 0 Å². The minimum Gasteiger partial charge on any atom is -0.386 e. The van der Waals surface area contributed by atoms with Crippen LogP contribution in [0.4, 0.5) is 0 Å². The van der Waals surface area contributed by atoms with E-state index in [1.54, 1.807) is 24.3 Å². The van der Waals surface area contributed by atoms with Crippen LogP contribution in [0.15, 0.2) is 158 Å². The SMILES string of the molecule is O=C1OC(=O)c2cc(-c3c(-c4ccccc4)c(-c4ccccc4)c(-c4ccc5c(c4)C(=O)OC5=O)c(-c4ccccc4)c3-c3ccccc3)ccc21. The van der Waals surface area contributed by atoms with E-state index in [-0.39, 0.29) is 22.3 Å². The van der Waals surface area contributed by atoms with Crippen LogP contribution in [0.1, 0.15) is 41.4 Å². The summed E-state index contributed by atoms with van der Waals surface area (Å²) in [7, 11) is 0. The molecule has 246 valence electrons. The van der Waals surface area contributed by atoms with Crippen molar-refractivity contribution in [2.24, 2.45) is 0 Å². The van der Waals surface area contributed by atoms with Gasteiger partial charge < -0.3 is 9.47 Å². The Morgan fingerprint density at radius 1 is 0.250 bits per heavy atom. The summed E-state index contributed by atoms with van der Waals surface area (Å²) >= 11 is 0. The third-order valence-electron chi connectivity index (χ3n) is 9.62. The van der Waals surface area contributed by atoms with E-state index in [9.17, 15) is 19.2 Å². The quantitative estimate of drug-likeness (QED) is 0.129. The molecule has 0 saturated carbocycles. The zero-order valence-corrected chi connectivity index (χ0v) is 27.5. The molecule has 0 spiro atoms. The lowest BCUT2D eigenvalue weighted by molar-refractivity contribution is 0.0425. The molecule has 0 atom stereocenters. The molecule has 0 bridgehead atoms. The van der Waals surface area contributed by atoms with Gasteiger partial charge in [-0.2, -0.15) is 0 Å². The molecule has 0 N–H and O–H groups in total. The first-order valence-corrected chi connectivity index (χ1v) is 16.8. The standard InChI is InChI=1S/C46H26O6/c47-43-33-23-21-31(25-35(33)45(49)51-43)41-37(27-13-5-1-6-14-27)38(28-15-7-2-8-16-28)42(32-22-24-34-36(26-32)46(50)52-44(34)48)40(30-19-11-4-12-20-30)39(41)29-17-9-3-10-18-29/h1-26H. The van der Waals surface area contributed by atoms with Crippen molar-refractivity contribution < 1.29 is 28.7 Å². The van der Waals surface area contributed by atoms with Crippen molar-refractivity contribution in [3.63, 3.8) is 0 Å². The molecule has 0 fully saturated rings. The molecule has 52 heavy (non-hydrogen) atoms. The fourth-order valence-corrected chi connectivity index (χ4v) is 7.38. The monoisotopic (exact) mass is 674 g/mol. The van der Waals surface area contributed by atoms with Gasteiger partial charge >= 0.3 is 23.9 Å². The van der Waals surface area contributed by atoms with Gasteiger partial charge in [-0.15, -0.1) is 0 Å². The topological polar surface area (TPSA) is 86.7 Å². The van der Waals surface area contributed by atoms with Gasteiger partial charge in [-0.05, 0) is 91.0 Å². The van der Waals surface area contributed by atoms with Crippen molar-refractivity contribution in [1.82, 2.24) is 0 Å². The van der Waals surface area contributed by atoms with Gasteiger partial charge in [-0.25, -0.2) is 19.2 Å². The lowest BCUT2D eigenvalue weighted by Gasteiger charge is -2.29. The Bertz CT molecular complexity index is 2320. The van der Waals surface area contributed by atoms with Gasteiger partial charge in [0.2, 0.25) is 0 Å². The van der Waals surface area contributed by atoms with E-state index in [0.29, 0.717) is 11.1 Å². The van der Waals surface area contributed by atoms with Gasteiger partial charge in [0, 0.05) is 0 Å². The first kappa shape index (κ1) is 30.8. The summed E-state index contributed by atoms with van der Waals surface area (Å²) in [6, 6.07) is 50.7. The first-order valence-electron chi connectivity index (χ1n) is 16.8. The van der Waals surface area contributed by atoms with Crippen LogP contribution in [0, 0.1) is 0 Å². The minimum atomic E-state index is -0.688. The highest BCUT2D eigenvalue weighted by atomic mass is 16.6. The predicted molar refractivity (Wildman–Crippen MR) is 199 cm³/mol. The molecule has 0 saturated heterocycles. The van der Waals surface area contributed by atoms with Crippen molar-refractivity contribution in [3.8, 4) is 66.8 Å². The number of rotatable bonds is 6. The third-order valence-corrected chi connectivity index (χ3v) is 9.62. The number of esters is 4. The van der Waals surface area contributed by atoms with E-state index in [4.69, 9.17) is 9.47 Å². The molecular weight excluding hydrogens is 648 g/mol.